The van der Waals surface area contributed by atoms with Crippen LogP contribution in [0.2, 0.25) is 0 Å². The summed E-state index contributed by atoms with van der Waals surface area (Å²) in [6, 6.07) is 17.0. The van der Waals surface area contributed by atoms with Crippen LogP contribution >= 0.6 is 0 Å². The van der Waals surface area contributed by atoms with Crippen LogP contribution in [0, 0.1) is 17.2 Å². The molecular formula is C55H69FO13. The van der Waals surface area contributed by atoms with Gasteiger partial charge in [-0.05, 0) is 136 Å². The summed E-state index contributed by atoms with van der Waals surface area (Å²) in [4.78, 5) is 74.8. The third-order valence-electron chi connectivity index (χ3n) is 12.2. The molecule has 0 atom stereocenters. The van der Waals surface area contributed by atoms with E-state index in [1.54, 1.807) is 19.1 Å². The molecule has 0 bridgehead atoms. The van der Waals surface area contributed by atoms with Crippen molar-refractivity contribution in [3.8, 4) is 28.0 Å². The number of ether oxygens (including phenoxy) is 7. The van der Waals surface area contributed by atoms with Crippen molar-refractivity contribution in [2.24, 2.45) is 11.3 Å². The zero-order valence-corrected chi connectivity index (χ0v) is 41.2. The monoisotopic (exact) mass is 956 g/mol. The van der Waals surface area contributed by atoms with Crippen molar-refractivity contribution in [3.63, 3.8) is 0 Å². The number of benzene rings is 3. The fraction of sp³-hybridized carbons (Fsp3) is 0.491. The van der Waals surface area contributed by atoms with E-state index in [9.17, 15) is 28.8 Å². The molecule has 13 nitrogen and oxygen atoms in total. The van der Waals surface area contributed by atoms with Gasteiger partial charge in [0.1, 0.15) is 43.4 Å². The van der Waals surface area contributed by atoms with Gasteiger partial charge in [0.2, 0.25) is 0 Å². The first-order valence-electron chi connectivity index (χ1n) is 24.1. The highest BCUT2D eigenvalue weighted by atomic mass is 19.1. The number of unbranched alkanes of at least 4 members (excludes halogenated alkanes) is 2. The average Bonchev–Trinajstić information content (AvgIpc) is 3.34. The van der Waals surface area contributed by atoms with Gasteiger partial charge in [-0.3, -0.25) is 0 Å². The van der Waals surface area contributed by atoms with E-state index in [-0.39, 0.29) is 36.8 Å². The molecule has 0 heterocycles. The summed E-state index contributed by atoms with van der Waals surface area (Å²) in [6.45, 7) is 14.8. The first kappa shape index (κ1) is 55.3. The second-order valence-electron chi connectivity index (χ2n) is 17.8. The van der Waals surface area contributed by atoms with E-state index in [4.69, 9.17) is 33.2 Å². The van der Waals surface area contributed by atoms with Gasteiger partial charge in [0, 0.05) is 16.7 Å². The molecule has 374 valence electrons. The Bertz CT molecular complexity index is 2260. The summed E-state index contributed by atoms with van der Waals surface area (Å²) < 4.78 is 53.4. The van der Waals surface area contributed by atoms with Crippen molar-refractivity contribution in [3.05, 3.63) is 101 Å². The van der Waals surface area contributed by atoms with Crippen molar-refractivity contribution in [2.45, 2.75) is 118 Å². The summed E-state index contributed by atoms with van der Waals surface area (Å²) in [5, 5.41) is 0. The number of halogens is 1. The SMILES string of the molecule is C=C(C)C(=O)OCCCc1cc(-c2ccc(-c3ccc(C4CCC(CCCCC)CC4)cc3F)cc2CC)ccc1OCC(COC(=O)C(=C)C)(COC(=O)C(=O)OCC)COC(=O)C(=O)OCC. The summed E-state index contributed by atoms with van der Waals surface area (Å²) in [5.41, 5.74) is 4.25. The molecule has 4 rings (SSSR count). The molecular weight excluding hydrogens is 888 g/mol. The summed E-state index contributed by atoms with van der Waals surface area (Å²) in [6.07, 6.45) is 11.0. The Morgan fingerprint density at radius 3 is 1.70 bits per heavy atom. The van der Waals surface area contributed by atoms with E-state index in [2.05, 4.69) is 26.1 Å². The highest BCUT2D eigenvalue weighted by Gasteiger charge is 2.39. The van der Waals surface area contributed by atoms with Gasteiger partial charge in [-0.2, -0.15) is 0 Å². The van der Waals surface area contributed by atoms with Crippen LogP contribution in [0.5, 0.6) is 5.75 Å². The average molecular weight is 957 g/mol. The topological polar surface area (TPSA) is 167 Å². The third kappa shape index (κ3) is 16.7. The minimum absolute atomic E-state index is 0.0326. The van der Waals surface area contributed by atoms with Gasteiger partial charge in [0.15, 0.2) is 0 Å². The van der Waals surface area contributed by atoms with E-state index < -0.39 is 67.7 Å². The predicted molar refractivity (Wildman–Crippen MR) is 258 cm³/mol. The van der Waals surface area contributed by atoms with Gasteiger partial charge in [-0.25, -0.2) is 33.2 Å². The second-order valence-corrected chi connectivity index (χ2v) is 17.8. The van der Waals surface area contributed by atoms with Crippen LogP contribution in [0.1, 0.15) is 122 Å². The Hall–Kier alpha value is -6.31. The lowest BCUT2D eigenvalue weighted by molar-refractivity contribution is -0.178. The van der Waals surface area contributed by atoms with Crippen LogP contribution in [-0.2, 0) is 70.0 Å². The number of carbonyl (C=O) groups is 6. The molecule has 0 amide bonds. The number of esters is 6. The Labute approximate surface area is 406 Å². The van der Waals surface area contributed by atoms with Gasteiger partial charge in [0.05, 0.1) is 19.8 Å². The normalized spacial score (nSPS) is 14.5. The minimum atomic E-state index is -1.71. The molecule has 14 heteroatoms. The molecule has 3 aromatic rings. The number of rotatable bonds is 25. The Kier molecular flexibility index (Phi) is 22.1. The maximum atomic E-state index is 16.0. The molecule has 0 spiro atoms. The molecule has 0 radical (unpaired) electrons. The molecule has 0 N–H and O–H groups in total. The van der Waals surface area contributed by atoms with E-state index in [1.165, 1.54) is 59.3 Å². The number of hydrogen-bond acceptors (Lipinski definition) is 13. The number of hydrogen-bond donors (Lipinski definition) is 0. The molecule has 69 heavy (non-hydrogen) atoms. The van der Waals surface area contributed by atoms with Crippen molar-refractivity contribution in [1.29, 1.82) is 0 Å². The molecule has 1 aliphatic carbocycles. The van der Waals surface area contributed by atoms with Crippen LogP contribution in [0.3, 0.4) is 0 Å². The van der Waals surface area contributed by atoms with E-state index in [0.29, 0.717) is 42.1 Å². The van der Waals surface area contributed by atoms with E-state index in [0.717, 1.165) is 46.6 Å². The Morgan fingerprint density at radius 1 is 0.594 bits per heavy atom. The van der Waals surface area contributed by atoms with Crippen molar-refractivity contribution in [1.82, 2.24) is 0 Å². The zero-order chi connectivity index (χ0) is 50.5. The van der Waals surface area contributed by atoms with E-state index in [1.807, 2.05) is 43.3 Å². The predicted octanol–water partition coefficient (Wildman–Crippen LogP) is 10.3. The summed E-state index contributed by atoms with van der Waals surface area (Å²) in [7, 11) is 0. The molecule has 0 unspecified atom stereocenters. The molecule has 0 aliphatic heterocycles. The Balaban J connectivity index is 1.68. The highest BCUT2D eigenvalue weighted by Crippen LogP contribution is 2.40. The number of carbonyl (C=O) groups excluding carboxylic acids is 6. The first-order valence-corrected chi connectivity index (χ1v) is 24.1. The molecule has 1 fully saturated rings. The van der Waals surface area contributed by atoms with Gasteiger partial charge in [-0.15, -0.1) is 0 Å². The number of aryl methyl sites for hydroxylation is 2. The maximum absolute atomic E-state index is 16.0. The van der Waals surface area contributed by atoms with Crippen molar-refractivity contribution < 1.29 is 66.3 Å². The quantitative estimate of drug-likeness (QED) is 0.0259. The minimum Gasteiger partial charge on any atom is -0.492 e. The summed E-state index contributed by atoms with van der Waals surface area (Å²) in [5.74, 6) is -5.49. The zero-order valence-electron chi connectivity index (χ0n) is 41.2. The lowest BCUT2D eigenvalue weighted by Gasteiger charge is -2.32. The summed E-state index contributed by atoms with van der Waals surface area (Å²) >= 11 is 0. The van der Waals surface area contributed by atoms with Gasteiger partial charge in [-0.1, -0.05) is 89.1 Å². The lowest BCUT2D eigenvalue weighted by Crippen LogP contribution is -2.45. The van der Waals surface area contributed by atoms with Gasteiger partial charge < -0.3 is 33.2 Å². The van der Waals surface area contributed by atoms with Gasteiger partial charge in [0.25, 0.3) is 0 Å². The van der Waals surface area contributed by atoms with Crippen LogP contribution < -0.4 is 4.74 Å². The maximum Gasteiger partial charge on any atom is 0.417 e. The standard InChI is InChI=1S/C55H69FO13/c1-9-13-14-16-38-18-20-40(21-19-38)41-22-26-46(47(56)31-41)43-23-25-45(39(10-2)29-43)42-24-27-48(44(30-42)17-15-28-65-49(57)36(5)6)66-32-55(33-67-50(58)37(7)8,34-68-53(61)51(59)63-11-3)35-69-54(62)52(60)64-12-4/h22-27,29-31,38,40H,5,7,9-21,28,32-35H2,1-4,6,8H3. The first-order chi connectivity index (χ1) is 33.0. The van der Waals surface area contributed by atoms with Crippen LogP contribution in [0.25, 0.3) is 22.3 Å². The van der Waals surface area contributed by atoms with Crippen molar-refractivity contribution in [2.75, 3.05) is 46.2 Å². The second kappa shape index (κ2) is 27.6. The molecule has 1 aliphatic rings. The molecule has 0 aromatic heterocycles. The van der Waals surface area contributed by atoms with E-state index >= 15 is 4.39 Å². The molecule has 3 aromatic carbocycles. The van der Waals surface area contributed by atoms with Crippen LogP contribution in [0.15, 0.2) is 78.9 Å². The lowest BCUT2D eigenvalue weighted by atomic mass is 9.77. The Morgan fingerprint density at radius 2 is 1.13 bits per heavy atom. The fourth-order valence-electron chi connectivity index (χ4n) is 8.21. The van der Waals surface area contributed by atoms with Crippen molar-refractivity contribution >= 4 is 35.8 Å². The van der Waals surface area contributed by atoms with Crippen LogP contribution in [-0.4, -0.2) is 82.1 Å². The largest absolute Gasteiger partial charge is 0.492 e. The third-order valence-corrected chi connectivity index (χ3v) is 12.2. The van der Waals surface area contributed by atoms with Gasteiger partial charge >= 0.3 is 35.8 Å². The van der Waals surface area contributed by atoms with Crippen LogP contribution in [0.4, 0.5) is 4.39 Å². The molecule has 0 saturated heterocycles. The highest BCUT2D eigenvalue weighted by molar-refractivity contribution is 6.30. The smallest absolute Gasteiger partial charge is 0.417 e. The molecule has 1 saturated carbocycles. The fourth-order valence-corrected chi connectivity index (χ4v) is 8.21.